The molecule has 88 valence electrons. The maximum atomic E-state index is 5.85. The number of hydrogen-bond donors (Lipinski definition) is 0. The zero-order valence-electron chi connectivity index (χ0n) is 10.5. The monoisotopic (exact) mass is 237 g/mol. The summed E-state index contributed by atoms with van der Waals surface area (Å²) in [4.78, 5) is 4.69. The Balaban J connectivity index is 2.73. The first-order chi connectivity index (χ1) is 7.49. The number of halogens is 1. The van der Waals surface area contributed by atoms with Gasteiger partial charge in [0, 0.05) is 16.8 Å². The topological polar surface area (TPSA) is 12.4 Å². The molecule has 0 aromatic heterocycles. The second-order valence-corrected chi connectivity index (χ2v) is 5.14. The van der Waals surface area contributed by atoms with Gasteiger partial charge in [0.2, 0.25) is 0 Å². The highest BCUT2D eigenvalue weighted by molar-refractivity contribution is 6.30. The fourth-order valence-electron chi connectivity index (χ4n) is 1.83. The summed E-state index contributed by atoms with van der Waals surface area (Å²) in [6.45, 7) is 8.67. The third-order valence-corrected chi connectivity index (χ3v) is 2.74. The molecule has 16 heavy (non-hydrogen) atoms. The zero-order valence-corrected chi connectivity index (χ0v) is 11.3. The van der Waals surface area contributed by atoms with Gasteiger partial charge in [-0.15, -0.1) is 0 Å². The summed E-state index contributed by atoms with van der Waals surface area (Å²) in [6, 6.07) is 8.23. The quantitative estimate of drug-likeness (QED) is 0.680. The first kappa shape index (κ1) is 13.2. The van der Waals surface area contributed by atoms with Crippen LogP contribution in [0, 0.1) is 5.92 Å². The molecule has 1 unspecified atom stereocenters. The zero-order chi connectivity index (χ0) is 12.1. The number of nitrogens with zero attached hydrogens (tertiary/aromatic N) is 1. The Bertz CT molecular complexity index is 352. The third kappa shape index (κ3) is 4.36. The Morgan fingerprint density at radius 3 is 2.25 bits per heavy atom. The SMILES string of the molecule is CC(=NC(C)CC(C)C)c1ccc(Cl)cc1. The van der Waals surface area contributed by atoms with E-state index in [-0.39, 0.29) is 0 Å². The largest absolute Gasteiger partial charge is 0.286 e. The Labute approximate surface area is 104 Å². The summed E-state index contributed by atoms with van der Waals surface area (Å²) in [5.41, 5.74) is 2.24. The molecule has 1 nitrogen and oxygen atoms in total. The van der Waals surface area contributed by atoms with Crippen LogP contribution in [-0.2, 0) is 0 Å². The minimum absolute atomic E-state index is 0.385. The van der Waals surface area contributed by atoms with E-state index in [2.05, 4.69) is 27.7 Å². The first-order valence-electron chi connectivity index (χ1n) is 5.79. The average Bonchev–Trinajstić information content (AvgIpc) is 2.16. The van der Waals surface area contributed by atoms with Crippen molar-refractivity contribution in [3.8, 4) is 0 Å². The van der Waals surface area contributed by atoms with Crippen molar-refractivity contribution < 1.29 is 0 Å². The fourth-order valence-corrected chi connectivity index (χ4v) is 1.96. The normalized spacial score (nSPS) is 14.2. The lowest BCUT2D eigenvalue weighted by Crippen LogP contribution is -2.07. The average molecular weight is 238 g/mol. The van der Waals surface area contributed by atoms with Crippen molar-refractivity contribution in [1.29, 1.82) is 0 Å². The molecule has 1 atom stereocenters. The van der Waals surface area contributed by atoms with Gasteiger partial charge >= 0.3 is 0 Å². The van der Waals surface area contributed by atoms with Crippen LogP contribution in [0.15, 0.2) is 29.3 Å². The molecule has 0 saturated carbocycles. The lowest BCUT2D eigenvalue weighted by atomic mass is 10.1. The molecule has 0 bridgehead atoms. The van der Waals surface area contributed by atoms with Gasteiger partial charge in [-0.1, -0.05) is 37.6 Å². The van der Waals surface area contributed by atoms with Crippen LogP contribution in [0.4, 0.5) is 0 Å². The molecule has 0 heterocycles. The highest BCUT2D eigenvalue weighted by Gasteiger charge is 2.04. The smallest absolute Gasteiger partial charge is 0.0477 e. The summed E-state index contributed by atoms with van der Waals surface area (Å²) in [7, 11) is 0. The predicted molar refractivity (Wildman–Crippen MR) is 72.6 cm³/mol. The van der Waals surface area contributed by atoms with Crippen LogP contribution >= 0.6 is 11.6 Å². The number of hydrogen-bond acceptors (Lipinski definition) is 1. The molecule has 1 rings (SSSR count). The minimum Gasteiger partial charge on any atom is -0.286 e. The first-order valence-corrected chi connectivity index (χ1v) is 6.17. The van der Waals surface area contributed by atoms with Crippen LogP contribution in [0.3, 0.4) is 0 Å². The van der Waals surface area contributed by atoms with Crippen molar-refractivity contribution in [3.63, 3.8) is 0 Å². The molecule has 0 aliphatic heterocycles. The Kier molecular flexibility index (Phi) is 5.01. The molecule has 0 radical (unpaired) electrons. The maximum absolute atomic E-state index is 5.85. The van der Waals surface area contributed by atoms with E-state index in [1.54, 1.807) is 0 Å². The molecular formula is C14H20ClN. The van der Waals surface area contributed by atoms with E-state index in [0.717, 1.165) is 22.7 Å². The lowest BCUT2D eigenvalue weighted by molar-refractivity contribution is 0.522. The van der Waals surface area contributed by atoms with Gasteiger partial charge in [-0.05, 0) is 43.9 Å². The van der Waals surface area contributed by atoms with Crippen LogP contribution < -0.4 is 0 Å². The number of rotatable bonds is 4. The summed E-state index contributed by atoms with van der Waals surface area (Å²) in [5, 5.41) is 0.770. The van der Waals surface area contributed by atoms with Crippen LogP contribution in [0.1, 0.15) is 39.7 Å². The third-order valence-electron chi connectivity index (χ3n) is 2.49. The van der Waals surface area contributed by atoms with Crippen molar-refractivity contribution in [3.05, 3.63) is 34.9 Å². The molecule has 0 N–H and O–H groups in total. The van der Waals surface area contributed by atoms with Crippen LogP contribution in [0.5, 0.6) is 0 Å². The summed E-state index contributed by atoms with van der Waals surface area (Å²) in [6.07, 6.45) is 1.13. The molecule has 2 heteroatoms. The molecule has 0 aliphatic carbocycles. The van der Waals surface area contributed by atoms with Gasteiger partial charge in [0.1, 0.15) is 0 Å². The Hall–Kier alpha value is -0.820. The van der Waals surface area contributed by atoms with Gasteiger partial charge in [-0.25, -0.2) is 0 Å². The van der Waals surface area contributed by atoms with Crippen molar-refractivity contribution in [1.82, 2.24) is 0 Å². The van der Waals surface area contributed by atoms with Gasteiger partial charge in [-0.2, -0.15) is 0 Å². The molecule has 0 saturated heterocycles. The maximum Gasteiger partial charge on any atom is 0.0477 e. The Morgan fingerprint density at radius 1 is 1.19 bits per heavy atom. The molecule has 0 spiro atoms. The highest BCUT2D eigenvalue weighted by Crippen LogP contribution is 2.13. The summed E-state index contributed by atoms with van der Waals surface area (Å²) in [5.74, 6) is 0.691. The van der Waals surface area contributed by atoms with E-state index in [1.165, 1.54) is 0 Å². The molecule has 1 aromatic carbocycles. The summed E-state index contributed by atoms with van der Waals surface area (Å²) >= 11 is 5.85. The van der Waals surface area contributed by atoms with Crippen molar-refractivity contribution in [2.24, 2.45) is 10.9 Å². The van der Waals surface area contributed by atoms with Crippen LogP contribution in [0.2, 0.25) is 5.02 Å². The molecule has 0 fully saturated rings. The van der Waals surface area contributed by atoms with Crippen molar-refractivity contribution in [2.45, 2.75) is 40.2 Å². The van der Waals surface area contributed by atoms with Gasteiger partial charge in [0.05, 0.1) is 0 Å². The highest BCUT2D eigenvalue weighted by atomic mass is 35.5. The minimum atomic E-state index is 0.385. The van der Waals surface area contributed by atoms with Crippen LogP contribution in [0.25, 0.3) is 0 Å². The van der Waals surface area contributed by atoms with E-state index in [9.17, 15) is 0 Å². The lowest BCUT2D eigenvalue weighted by Gasteiger charge is -2.11. The molecule has 0 aliphatic rings. The fraction of sp³-hybridized carbons (Fsp3) is 0.500. The predicted octanol–water partition coefficient (Wildman–Crippen LogP) is 4.58. The van der Waals surface area contributed by atoms with E-state index >= 15 is 0 Å². The molecule has 1 aromatic rings. The second-order valence-electron chi connectivity index (χ2n) is 4.70. The van der Waals surface area contributed by atoms with Crippen LogP contribution in [-0.4, -0.2) is 11.8 Å². The van der Waals surface area contributed by atoms with Gasteiger partial charge < -0.3 is 0 Å². The standard InChI is InChI=1S/C14H20ClN/c1-10(2)9-11(3)16-12(4)13-5-7-14(15)8-6-13/h5-8,10-11H,9H2,1-4H3. The van der Waals surface area contributed by atoms with Gasteiger partial charge in [-0.3, -0.25) is 4.99 Å². The second kappa shape index (κ2) is 6.05. The van der Waals surface area contributed by atoms with E-state index in [1.807, 2.05) is 24.3 Å². The van der Waals surface area contributed by atoms with Gasteiger partial charge in [0.15, 0.2) is 0 Å². The van der Waals surface area contributed by atoms with Gasteiger partial charge in [0.25, 0.3) is 0 Å². The van der Waals surface area contributed by atoms with E-state index in [4.69, 9.17) is 16.6 Å². The van der Waals surface area contributed by atoms with Crippen molar-refractivity contribution in [2.75, 3.05) is 0 Å². The Morgan fingerprint density at radius 2 is 1.75 bits per heavy atom. The number of benzene rings is 1. The number of aliphatic imine (C=N–C) groups is 1. The molecule has 0 amide bonds. The molecular weight excluding hydrogens is 218 g/mol. The summed E-state index contributed by atoms with van der Waals surface area (Å²) < 4.78 is 0. The van der Waals surface area contributed by atoms with E-state index in [0.29, 0.717) is 12.0 Å². The van der Waals surface area contributed by atoms with E-state index < -0.39 is 0 Å². The van der Waals surface area contributed by atoms with Crippen molar-refractivity contribution >= 4 is 17.3 Å².